The average molecular weight is 184 g/mol. The molecule has 1 aliphatic rings. The minimum atomic E-state index is 0.0416. The Morgan fingerprint density at radius 2 is 2.08 bits per heavy atom. The lowest BCUT2D eigenvalue weighted by Gasteiger charge is -2.36. The number of rotatable bonds is 3. The number of urea groups is 1. The minimum Gasteiger partial charge on any atom is -0.335 e. The zero-order chi connectivity index (χ0) is 9.84. The predicted octanol–water partition coefficient (Wildman–Crippen LogP) is 1.84. The van der Waals surface area contributed by atoms with Crippen molar-refractivity contribution in [2.75, 3.05) is 14.1 Å². The molecule has 0 saturated heterocycles. The summed E-state index contributed by atoms with van der Waals surface area (Å²) in [6.07, 6.45) is 4.92. The van der Waals surface area contributed by atoms with E-state index in [1.165, 1.54) is 25.7 Å². The Kier molecular flexibility index (Phi) is 3.58. The molecule has 0 aromatic heterocycles. The molecule has 0 aliphatic heterocycles. The summed E-state index contributed by atoms with van der Waals surface area (Å²) in [7, 11) is 3.55. The number of nitrogens with one attached hydrogen (secondary N) is 1. The molecule has 1 N–H and O–H groups in total. The second kappa shape index (κ2) is 4.49. The molecule has 0 aromatic carbocycles. The van der Waals surface area contributed by atoms with Gasteiger partial charge >= 0.3 is 6.03 Å². The second-order valence-corrected chi connectivity index (χ2v) is 4.17. The van der Waals surface area contributed by atoms with Crippen LogP contribution in [0.2, 0.25) is 0 Å². The number of carbonyl (C=O) groups is 1. The third-order valence-electron chi connectivity index (χ3n) is 2.67. The topological polar surface area (TPSA) is 32.3 Å². The zero-order valence-corrected chi connectivity index (χ0v) is 8.84. The summed E-state index contributed by atoms with van der Waals surface area (Å²) < 4.78 is 0. The van der Waals surface area contributed by atoms with Gasteiger partial charge in [-0.3, -0.25) is 0 Å². The maximum Gasteiger partial charge on any atom is 0.317 e. The Balaban J connectivity index is 2.11. The lowest BCUT2D eigenvalue weighted by molar-refractivity contribution is 0.180. The van der Waals surface area contributed by atoms with Crippen molar-refractivity contribution in [3.63, 3.8) is 0 Å². The van der Waals surface area contributed by atoms with Crippen LogP contribution in [0.15, 0.2) is 0 Å². The molecule has 1 fully saturated rings. The predicted molar refractivity (Wildman–Crippen MR) is 53.6 cm³/mol. The van der Waals surface area contributed by atoms with E-state index >= 15 is 0 Å². The number of amides is 2. The van der Waals surface area contributed by atoms with E-state index < -0.39 is 0 Å². The number of hydrogen-bond donors (Lipinski definition) is 1. The van der Waals surface area contributed by atoms with Crippen molar-refractivity contribution < 1.29 is 4.79 Å². The van der Waals surface area contributed by atoms with E-state index in [-0.39, 0.29) is 6.03 Å². The SMILES string of the molecule is CCCC1CC(NC(=O)N(C)C)C1. The molecule has 13 heavy (non-hydrogen) atoms. The molecular formula is C10H20N2O. The first kappa shape index (κ1) is 10.4. The molecule has 76 valence electrons. The van der Waals surface area contributed by atoms with Crippen molar-refractivity contribution >= 4 is 6.03 Å². The van der Waals surface area contributed by atoms with Crippen molar-refractivity contribution in [1.29, 1.82) is 0 Å². The Morgan fingerprint density at radius 3 is 2.54 bits per heavy atom. The minimum absolute atomic E-state index is 0.0416. The van der Waals surface area contributed by atoms with Crippen LogP contribution in [0.3, 0.4) is 0 Å². The van der Waals surface area contributed by atoms with Crippen molar-refractivity contribution in [3.8, 4) is 0 Å². The number of hydrogen-bond acceptors (Lipinski definition) is 1. The average Bonchev–Trinajstić information content (AvgIpc) is 2.00. The van der Waals surface area contributed by atoms with Gasteiger partial charge in [-0.05, 0) is 18.8 Å². The molecule has 0 atom stereocenters. The van der Waals surface area contributed by atoms with E-state index in [1.807, 2.05) is 0 Å². The van der Waals surface area contributed by atoms with Gasteiger partial charge in [-0.1, -0.05) is 19.8 Å². The lowest BCUT2D eigenvalue weighted by Crippen LogP contribution is -2.47. The molecule has 0 bridgehead atoms. The van der Waals surface area contributed by atoms with Crippen LogP contribution >= 0.6 is 0 Å². The quantitative estimate of drug-likeness (QED) is 0.713. The number of nitrogens with zero attached hydrogens (tertiary/aromatic N) is 1. The molecule has 1 saturated carbocycles. The van der Waals surface area contributed by atoms with Crippen molar-refractivity contribution in [2.45, 2.75) is 38.6 Å². The maximum absolute atomic E-state index is 11.2. The van der Waals surface area contributed by atoms with Gasteiger partial charge in [0.1, 0.15) is 0 Å². The first-order valence-electron chi connectivity index (χ1n) is 5.11. The summed E-state index contributed by atoms with van der Waals surface area (Å²) in [6.45, 7) is 2.21. The van der Waals surface area contributed by atoms with E-state index in [0.29, 0.717) is 6.04 Å². The van der Waals surface area contributed by atoms with Crippen LogP contribution in [0.25, 0.3) is 0 Å². The fraction of sp³-hybridized carbons (Fsp3) is 0.900. The molecule has 0 spiro atoms. The fourth-order valence-corrected chi connectivity index (χ4v) is 1.80. The van der Waals surface area contributed by atoms with Crippen LogP contribution in [0, 0.1) is 5.92 Å². The van der Waals surface area contributed by atoms with E-state index in [9.17, 15) is 4.79 Å². The van der Waals surface area contributed by atoms with Gasteiger partial charge in [0.15, 0.2) is 0 Å². The molecule has 3 nitrogen and oxygen atoms in total. The summed E-state index contributed by atoms with van der Waals surface area (Å²) in [5.41, 5.74) is 0. The molecule has 0 radical (unpaired) electrons. The number of carbonyl (C=O) groups excluding carboxylic acids is 1. The van der Waals surface area contributed by atoms with Gasteiger partial charge < -0.3 is 10.2 Å². The van der Waals surface area contributed by atoms with Crippen LogP contribution in [0.1, 0.15) is 32.6 Å². The lowest BCUT2D eigenvalue weighted by atomic mass is 9.78. The van der Waals surface area contributed by atoms with Gasteiger partial charge in [0.2, 0.25) is 0 Å². The molecule has 3 heteroatoms. The Bertz CT molecular complexity index is 174. The Morgan fingerprint density at radius 1 is 1.46 bits per heavy atom. The van der Waals surface area contributed by atoms with Crippen LogP contribution < -0.4 is 5.32 Å². The van der Waals surface area contributed by atoms with Crippen molar-refractivity contribution in [3.05, 3.63) is 0 Å². The molecular weight excluding hydrogens is 164 g/mol. The van der Waals surface area contributed by atoms with Crippen LogP contribution in [-0.2, 0) is 0 Å². The monoisotopic (exact) mass is 184 g/mol. The Labute approximate surface area is 80.5 Å². The van der Waals surface area contributed by atoms with Crippen LogP contribution in [0.5, 0.6) is 0 Å². The largest absolute Gasteiger partial charge is 0.335 e. The molecule has 0 unspecified atom stereocenters. The third kappa shape index (κ3) is 2.90. The normalized spacial score (nSPS) is 26.4. The molecule has 0 heterocycles. The second-order valence-electron chi connectivity index (χ2n) is 4.17. The summed E-state index contributed by atoms with van der Waals surface area (Å²) in [4.78, 5) is 12.8. The van der Waals surface area contributed by atoms with Gasteiger partial charge in [-0.2, -0.15) is 0 Å². The van der Waals surface area contributed by atoms with Gasteiger partial charge in [-0.25, -0.2) is 4.79 Å². The molecule has 1 rings (SSSR count). The van der Waals surface area contributed by atoms with E-state index in [2.05, 4.69) is 12.2 Å². The summed E-state index contributed by atoms with van der Waals surface area (Å²) >= 11 is 0. The molecule has 2 amide bonds. The van der Waals surface area contributed by atoms with E-state index in [1.54, 1.807) is 19.0 Å². The van der Waals surface area contributed by atoms with Gasteiger partial charge in [0.05, 0.1) is 0 Å². The highest BCUT2D eigenvalue weighted by Crippen LogP contribution is 2.31. The maximum atomic E-state index is 11.2. The van der Waals surface area contributed by atoms with E-state index in [0.717, 1.165) is 5.92 Å². The van der Waals surface area contributed by atoms with Crippen LogP contribution in [0.4, 0.5) is 4.79 Å². The zero-order valence-electron chi connectivity index (χ0n) is 8.84. The highest BCUT2D eigenvalue weighted by atomic mass is 16.2. The van der Waals surface area contributed by atoms with Gasteiger partial charge in [0, 0.05) is 20.1 Å². The molecule has 1 aliphatic carbocycles. The summed E-state index contributed by atoms with van der Waals surface area (Å²) in [6, 6.07) is 0.478. The highest BCUT2D eigenvalue weighted by Gasteiger charge is 2.29. The smallest absolute Gasteiger partial charge is 0.317 e. The fourth-order valence-electron chi connectivity index (χ4n) is 1.80. The van der Waals surface area contributed by atoms with Crippen molar-refractivity contribution in [2.24, 2.45) is 5.92 Å². The summed E-state index contributed by atoms with van der Waals surface area (Å²) in [5, 5.41) is 2.99. The first-order valence-corrected chi connectivity index (χ1v) is 5.11. The van der Waals surface area contributed by atoms with Crippen LogP contribution in [-0.4, -0.2) is 31.1 Å². The summed E-state index contributed by atoms with van der Waals surface area (Å²) in [5.74, 6) is 0.859. The highest BCUT2D eigenvalue weighted by molar-refractivity contribution is 5.73. The third-order valence-corrected chi connectivity index (χ3v) is 2.67. The first-order chi connectivity index (χ1) is 6.13. The van der Waals surface area contributed by atoms with Gasteiger partial charge in [-0.15, -0.1) is 0 Å². The standard InChI is InChI=1S/C10H20N2O/c1-4-5-8-6-9(7-8)11-10(13)12(2)3/h8-9H,4-7H2,1-3H3,(H,11,13). The Hall–Kier alpha value is -0.730. The van der Waals surface area contributed by atoms with E-state index in [4.69, 9.17) is 0 Å². The van der Waals surface area contributed by atoms with Crippen molar-refractivity contribution in [1.82, 2.24) is 10.2 Å². The molecule has 0 aromatic rings. The van der Waals surface area contributed by atoms with Gasteiger partial charge in [0.25, 0.3) is 0 Å².